The number of benzene rings is 1. The Morgan fingerprint density at radius 1 is 1.38 bits per heavy atom. The highest BCUT2D eigenvalue weighted by Gasteiger charge is 2.31. The summed E-state index contributed by atoms with van der Waals surface area (Å²) in [5, 5.41) is 6.78. The van der Waals surface area contributed by atoms with Gasteiger partial charge >= 0.3 is 0 Å². The Kier molecular flexibility index (Phi) is 3.85. The molecule has 6 nitrogen and oxygen atoms in total. The molecule has 1 aliphatic heterocycles. The second kappa shape index (κ2) is 5.95. The predicted octanol–water partition coefficient (Wildman–Crippen LogP) is 2.18. The molecule has 1 aliphatic rings. The van der Waals surface area contributed by atoms with E-state index in [1.165, 1.54) is 6.33 Å². The van der Waals surface area contributed by atoms with Crippen molar-refractivity contribution < 1.29 is 9.53 Å². The molecule has 2 heterocycles. The van der Waals surface area contributed by atoms with Crippen molar-refractivity contribution in [1.82, 2.24) is 20.1 Å². The molecule has 0 bridgehead atoms. The molecule has 1 fully saturated rings. The van der Waals surface area contributed by atoms with Crippen molar-refractivity contribution >= 4 is 5.91 Å². The van der Waals surface area contributed by atoms with Gasteiger partial charge in [-0.05, 0) is 31.4 Å². The molecule has 0 aliphatic carbocycles. The third-order valence-electron chi connectivity index (χ3n) is 3.85. The lowest BCUT2D eigenvalue weighted by Gasteiger charge is -2.34. The number of para-hydroxylation sites is 1. The largest absolute Gasteiger partial charge is 0.496 e. The Labute approximate surface area is 123 Å². The molecule has 1 aromatic heterocycles. The smallest absolute Gasteiger partial charge is 0.258 e. The number of H-pyrrole nitrogens is 1. The van der Waals surface area contributed by atoms with Gasteiger partial charge in [-0.2, -0.15) is 5.10 Å². The fraction of sp³-hybridized carbons (Fsp3) is 0.400. The van der Waals surface area contributed by atoms with Gasteiger partial charge in [-0.15, -0.1) is 0 Å². The maximum atomic E-state index is 12.9. The second-order valence-electron chi connectivity index (χ2n) is 5.08. The minimum Gasteiger partial charge on any atom is -0.496 e. The van der Waals surface area contributed by atoms with Crippen LogP contribution in [0.1, 0.15) is 41.5 Å². The number of hydrogen-bond donors (Lipinski definition) is 1. The molecule has 1 saturated heterocycles. The Bertz CT molecular complexity index is 612. The van der Waals surface area contributed by atoms with Crippen molar-refractivity contribution in [2.24, 2.45) is 0 Å². The SMILES string of the molecule is COc1ccccc1C(=O)N1CCCCC1c1ncn[nH]1. The summed E-state index contributed by atoms with van der Waals surface area (Å²) in [6, 6.07) is 7.27. The summed E-state index contributed by atoms with van der Waals surface area (Å²) in [6.07, 6.45) is 4.47. The molecule has 0 saturated carbocycles. The molecular weight excluding hydrogens is 268 g/mol. The molecule has 0 spiro atoms. The van der Waals surface area contributed by atoms with Crippen LogP contribution in [-0.2, 0) is 0 Å². The number of carbonyl (C=O) groups excluding carboxylic acids is 1. The monoisotopic (exact) mass is 286 g/mol. The fourth-order valence-corrected chi connectivity index (χ4v) is 2.81. The number of hydrogen-bond acceptors (Lipinski definition) is 4. The first-order valence-corrected chi connectivity index (χ1v) is 7.10. The van der Waals surface area contributed by atoms with Gasteiger partial charge in [0.15, 0.2) is 0 Å². The van der Waals surface area contributed by atoms with Gasteiger partial charge in [0.25, 0.3) is 5.91 Å². The van der Waals surface area contributed by atoms with E-state index in [0.29, 0.717) is 11.3 Å². The Hall–Kier alpha value is -2.37. The molecule has 110 valence electrons. The van der Waals surface area contributed by atoms with Crippen molar-refractivity contribution in [3.63, 3.8) is 0 Å². The van der Waals surface area contributed by atoms with Gasteiger partial charge in [-0.25, -0.2) is 4.98 Å². The number of methoxy groups -OCH3 is 1. The average Bonchev–Trinajstić information content (AvgIpc) is 3.08. The number of amides is 1. The van der Waals surface area contributed by atoms with E-state index in [1.807, 2.05) is 17.0 Å². The van der Waals surface area contributed by atoms with Gasteiger partial charge in [0.1, 0.15) is 17.9 Å². The molecular formula is C15H18N4O2. The number of rotatable bonds is 3. The average molecular weight is 286 g/mol. The van der Waals surface area contributed by atoms with E-state index in [-0.39, 0.29) is 11.9 Å². The number of ether oxygens (including phenoxy) is 1. The maximum absolute atomic E-state index is 12.9. The van der Waals surface area contributed by atoms with Crippen LogP contribution < -0.4 is 4.74 Å². The Balaban J connectivity index is 1.91. The van der Waals surface area contributed by atoms with Crippen LogP contribution in [0.5, 0.6) is 5.75 Å². The molecule has 1 aromatic carbocycles. The summed E-state index contributed by atoms with van der Waals surface area (Å²) in [6.45, 7) is 0.724. The molecule has 1 atom stereocenters. The maximum Gasteiger partial charge on any atom is 0.258 e. The summed E-state index contributed by atoms with van der Waals surface area (Å²) in [5.41, 5.74) is 0.589. The van der Waals surface area contributed by atoms with E-state index in [2.05, 4.69) is 15.2 Å². The minimum atomic E-state index is -0.0429. The third-order valence-corrected chi connectivity index (χ3v) is 3.85. The normalized spacial score (nSPS) is 18.5. The van der Waals surface area contributed by atoms with E-state index in [4.69, 9.17) is 4.74 Å². The van der Waals surface area contributed by atoms with Crippen molar-refractivity contribution in [1.29, 1.82) is 0 Å². The zero-order valence-electron chi connectivity index (χ0n) is 12.0. The summed E-state index contributed by atoms with van der Waals surface area (Å²) in [4.78, 5) is 18.9. The molecule has 2 aromatic rings. The van der Waals surface area contributed by atoms with Gasteiger partial charge in [-0.1, -0.05) is 12.1 Å². The van der Waals surface area contributed by atoms with Crippen molar-refractivity contribution in [2.75, 3.05) is 13.7 Å². The van der Waals surface area contributed by atoms with Gasteiger partial charge in [-0.3, -0.25) is 9.89 Å². The van der Waals surface area contributed by atoms with Crippen LogP contribution in [0.15, 0.2) is 30.6 Å². The molecule has 1 N–H and O–H groups in total. The van der Waals surface area contributed by atoms with Gasteiger partial charge in [0, 0.05) is 6.54 Å². The minimum absolute atomic E-state index is 0.0199. The number of nitrogens with one attached hydrogen (secondary N) is 1. The van der Waals surface area contributed by atoms with E-state index in [1.54, 1.807) is 19.2 Å². The van der Waals surface area contributed by atoms with Crippen molar-refractivity contribution in [3.05, 3.63) is 42.0 Å². The predicted molar refractivity (Wildman–Crippen MR) is 77.0 cm³/mol. The lowest BCUT2D eigenvalue weighted by molar-refractivity contribution is 0.0597. The highest BCUT2D eigenvalue weighted by Crippen LogP contribution is 2.31. The van der Waals surface area contributed by atoms with Gasteiger partial charge < -0.3 is 9.64 Å². The van der Waals surface area contributed by atoms with Gasteiger partial charge in [0.2, 0.25) is 0 Å². The highest BCUT2D eigenvalue weighted by molar-refractivity contribution is 5.97. The molecule has 1 amide bonds. The first-order chi connectivity index (χ1) is 10.3. The number of carbonyl (C=O) groups is 1. The van der Waals surface area contributed by atoms with Crippen LogP contribution in [0.4, 0.5) is 0 Å². The zero-order chi connectivity index (χ0) is 14.7. The first kappa shape index (κ1) is 13.6. The van der Waals surface area contributed by atoms with Crippen LogP contribution in [0.2, 0.25) is 0 Å². The number of aromatic amines is 1. The highest BCUT2D eigenvalue weighted by atomic mass is 16.5. The zero-order valence-corrected chi connectivity index (χ0v) is 12.0. The lowest BCUT2D eigenvalue weighted by Crippen LogP contribution is -2.39. The second-order valence-corrected chi connectivity index (χ2v) is 5.08. The summed E-state index contributed by atoms with van der Waals surface area (Å²) in [7, 11) is 1.58. The van der Waals surface area contributed by atoms with Crippen molar-refractivity contribution in [3.8, 4) is 5.75 Å². The molecule has 3 rings (SSSR count). The van der Waals surface area contributed by atoms with Gasteiger partial charge in [0.05, 0.1) is 18.7 Å². The lowest BCUT2D eigenvalue weighted by atomic mass is 10.00. The third kappa shape index (κ3) is 2.61. The number of aromatic nitrogens is 3. The standard InChI is InChI=1S/C15H18N4O2/c1-21-13-8-3-2-6-11(13)15(20)19-9-5-4-7-12(19)14-16-10-17-18-14/h2-3,6,8,10,12H,4-5,7,9H2,1H3,(H,16,17,18). The van der Waals surface area contributed by atoms with E-state index in [0.717, 1.165) is 31.6 Å². The van der Waals surface area contributed by atoms with Crippen LogP contribution in [-0.4, -0.2) is 39.6 Å². The topological polar surface area (TPSA) is 71.1 Å². The van der Waals surface area contributed by atoms with Crippen LogP contribution >= 0.6 is 0 Å². The quantitative estimate of drug-likeness (QED) is 0.938. The van der Waals surface area contributed by atoms with Crippen molar-refractivity contribution in [2.45, 2.75) is 25.3 Å². The number of piperidine rings is 1. The summed E-state index contributed by atoms with van der Waals surface area (Å²) in [5.74, 6) is 1.33. The molecule has 1 unspecified atom stereocenters. The van der Waals surface area contributed by atoms with Crippen LogP contribution in [0.3, 0.4) is 0 Å². The van der Waals surface area contributed by atoms with E-state index < -0.39 is 0 Å². The molecule has 0 radical (unpaired) electrons. The first-order valence-electron chi connectivity index (χ1n) is 7.10. The number of likely N-dealkylation sites (tertiary alicyclic amines) is 1. The Morgan fingerprint density at radius 3 is 3.00 bits per heavy atom. The molecule has 21 heavy (non-hydrogen) atoms. The fourth-order valence-electron chi connectivity index (χ4n) is 2.81. The number of nitrogens with zero attached hydrogens (tertiary/aromatic N) is 3. The summed E-state index contributed by atoms with van der Waals surface area (Å²) >= 11 is 0. The van der Waals surface area contributed by atoms with E-state index >= 15 is 0 Å². The summed E-state index contributed by atoms with van der Waals surface area (Å²) < 4.78 is 5.30. The Morgan fingerprint density at radius 2 is 2.24 bits per heavy atom. The van der Waals surface area contributed by atoms with Crippen LogP contribution in [0.25, 0.3) is 0 Å². The van der Waals surface area contributed by atoms with Crippen LogP contribution in [0, 0.1) is 0 Å². The van der Waals surface area contributed by atoms with E-state index in [9.17, 15) is 4.79 Å². The molecule has 6 heteroatoms.